The molecule has 0 bridgehead atoms. The van der Waals surface area contributed by atoms with E-state index in [-0.39, 0.29) is 0 Å². The van der Waals surface area contributed by atoms with Gasteiger partial charge in [-0.2, -0.15) is 0 Å². The van der Waals surface area contributed by atoms with Crippen LogP contribution < -0.4 is 15.1 Å². The molecule has 0 saturated heterocycles. The lowest BCUT2D eigenvalue weighted by Crippen LogP contribution is -2.28. The second kappa shape index (κ2) is 11.2. The van der Waals surface area contributed by atoms with Crippen LogP contribution in [0.3, 0.4) is 0 Å². The summed E-state index contributed by atoms with van der Waals surface area (Å²) in [6.07, 6.45) is 4.27. The number of fused-ring (bicyclic) bond motifs is 1. The van der Waals surface area contributed by atoms with E-state index in [0.29, 0.717) is 5.56 Å². The summed E-state index contributed by atoms with van der Waals surface area (Å²) in [7, 11) is 2.09. The van der Waals surface area contributed by atoms with Crippen molar-refractivity contribution in [3.8, 4) is 11.3 Å². The monoisotopic (exact) mass is 498 g/mol. The van der Waals surface area contributed by atoms with Gasteiger partial charge in [-0.25, -0.2) is 9.37 Å². The second-order valence-corrected chi connectivity index (χ2v) is 10.4. The van der Waals surface area contributed by atoms with Gasteiger partial charge in [0.15, 0.2) is 5.82 Å². The number of hydrogen-bond acceptors (Lipinski definition) is 4. The van der Waals surface area contributed by atoms with Crippen LogP contribution >= 0.6 is 0 Å². The van der Waals surface area contributed by atoms with Crippen molar-refractivity contribution in [1.29, 1.82) is 0 Å². The summed E-state index contributed by atoms with van der Waals surface area (Å²) in [6.45, 7) is 15.8. The third-order valence-electron chi connectivity index (χ3n) is 6.96. The lowest BCUT2D eigenvalue weighted by atomic mass is 9.97. The zero-order chi connectivity index (χ0) is 26.6. The smallest absolute Gasteiger partial charge is 0.158 e. The van der Waals surface area contributed by atoms with Crippen molar-refractivity contribution >= 4 is 22.8 Å². The third kappa shape index (κ3) is 6.22. The molecule has 1 aliphatic rings. The minimum Gasteiger partial charge on any atom is -0.372 e. The minimum atomic E-state index is -1.41. The van der Waals surface area contributed by atoms with E-state index < -0.39 is 5.67 Å². The van der Waals surface area contributed by atoms with Crippen LogP contribution in [0.5, 0.6) is 0 Å². The molecule has 194 valence electrons. The zero-order valence-corrected chi connectivity index (χ0v) is 22.6. The fourth-order valence-electron chi connectivity index (χ4n) is 4.69. The van der Waals surface area contributed by atoms with Crippen LogP contribution in [0.1, 0.15) is 57.6 Å². The summed E-state index contributed by atoms with van der Waals surface area (Å²) >= 11 is 0. The molecular formula is C32H39FN4. The van der Waals surface area contributed by atoms with Crippen LogP contribution in [0.15, 0.2) is 79.6 Å². The van der Waals surface area contributed by atoms with Gasteiger partial charge in [-0.05, 0) is 80.1 Å². The number of halogens is 1. The maximum absolute atomic E-state index is 14.6. The van der Waals surface area contributed by atoms with Crippen LogP contribution in [0.2, 0.25) is 0 Å². The highest BCUT2D eigenvalue weighted by atomic mass is 19.1. The Balaban J connectivity index is 1.64. The van der Waals surface area contributed by atoms with Gasteiger partial charge in [-0.1, -0.05) is 56.8 Å². The van der Waals surface area contributed by atoms with Crippen molar-refractivity contribution in [3.63, 3.8) is 0 Å². The molecule has 0 atom stereocenters. The molecule has 0 fully saturated rings. The average Bonchev–Trinajstić information content (AvgIpc) is 3.05. The number of anilines is 3. The number of alkyl halides is 1. The van der Waals surface area contributed by atoms with Gasteiger partial charge in [0.2, 0.25) is 0 Å². The van der Waals surface area contributed by atoms with E-state index in [9.17, 15) is 4.39 Å². The molecule has 4 rings (SSSR count). The number of nitrogens with one attached hydrogen (secondary N) is 1. The first kappa shape index (κ1) is 26.5. The Morgan fingerprint density at radius 2 is 1.84 bits per heavy atom. The zero-order valence-electron chi connectivity index (χ0n) is 22.6. The molecule has 3 aromatic rings. The van der Waals surface area contributed by atoms with Crippen LogP contribution in [-0.2, 0) is 5.67 Å². The molecule has 37 heavy (non-hydrogen) atoms. The summed E-state index contributed by atoms with van der Waals surface area (Å²) in [6, 6.07) is 20.1. The van der Waals surface area contributed by atoms with Gasteiger partial charge in [0.05, 0.1) is 11.4 Å². The largest absolute Gasteiger partial charge is 0.372 e. The average molecular weight is 499 g/mol. The number of nitrogens with zero attached hydrogens (tertiary/aromatic N) is 3. The number of benzene rings is 2. The molecule has 0 radical (unpaired) electrons. The molecule has 1 aliphatic heterocycles. The topological polar surface area (TPSA) is 31.4 Å². The Bertz CT molecular complexity index is 1270. The molecule has 4 nitrogen and oxygen atoms in total. The van der Waals surface area contributed by atoms with Gasteiger partial charge in [0.25, 0.3) is 0 Å². The first-order valence-electron chi connectivity index (χ1n) is 13.2. The Hall–Kier alpha value is -3.60. The molecule has 0 aliphatic carbocycles. The molecule has 2 aromatic carbocycles. The summed E-state index contributed by atoms with van der Waals surface area (Å²) in [5.74, 6) is 1.62. The molecule has 5 heteroatoms. The molecule has 1 aromatic heterocycles. The van der Waals surface area contributed by atoms with Gasteiger partial charge in [0, 0.05) is 31.4 Å². The third-order valence-corrected chi connectivity index (χ3v) is 6.96. The van der Waals surface area contributed by atoms with Crippen molar-refractivity contribution in [2.45, 2.75) is 52.1 Å². The van der Waals surface area contributed by atoms with E-state index in [4.69, 9.17) is 4.98 Å². The lowest BCUT2D eigenvalue weighted by molar-refractivity contribution is 0.221. The Kier molecular flexibility index (Phi) is 8.01. The molecule has 0 unspecified atom stereocenters. The highest BCUT2D eigenvalue weighted by Crippen LogP contribution is 2.36. The van der Waals surface area contributed by atoms with E-state index in [0.717, 1.165) is 84.2 Å². The second-order valence-electron chi connectivity index (χ2n) is 10.4. The molecule has 1 N–H and O–H groups in total. The summed E-state index contributed by atoms with van der Waals surface area (Å²) in [5.41, 5.74) is 5.27. The number of hydrogen-bond donors (Lipinski definition) is 1. The van der Waals surface area contributed by atoms with Gasteiger partial charge >= 0.3 is 0 Å². The highest BCUT2D eigenvalue weighted by molar-refractivity contribution is 5.76. The van der Waals surface area contributed by atoms with E-state index in [2.05, 4.69) is 72.6 Å². The minimum absolute atomic E-state index is 0.641. The van der Waals surface area contributed by atoms with Gasteiger partial charge < -0.3 is 15.1 Å². The molecule has 0 saturated carbocycles. The van der Waals surface area contributed by atoms with E-state index in [1.807, 2.05) is 30.3 Å². The van der Waals surface area contributed by atoms with E-state index >= 15 is 0 Å². The Labute approximate surface area is 221 Å². The van der Waals surface area contributed by atoms with Gasteiger partial charge in [0.1, 0.15) is 11.5 Å². The van der Waals surface area contributed by atoms with Crippen LogP contribution in [0, 0.1) is 0 Å². The van der Waals surface area contributed by atoms with Crippen molar-refractivity contribution < 1.29 is 4.39 Å². The van der Waals surface area contributed by atoms with Crippen molar-refractivity contribution in [3.05, 3.63) is 90.8 Å². The number of unbranched alkanes of at least 4 members (excludes halogenated alkanes) is 1. The Morgan fingerprint density at radius 3 is 2.59 bits per heavy atom. The Morgan fingerprint density at radius 1 is 1.05 bits per heavy atom. The molecule has 0 spiro atoms. The summed E-state index contributed by atoms with van der Waals surface area (Å²) in [4.78, 5) is 9.48. The van der Waals surface area contributed by atoms with Crippen molar-refractivity contribution in [2.24, 2.45) is 0 Å². The molecule has 2 heterocycles. The number of pyridine rings is 1. The van der Waals surface area contributed by atoms with E-state index in [1.165, 1.54) is 0 Å². The molecule has 0 amide bonds. The normalized spacial score (nSPS) is 13.6. The quantitative estimate of drug-likeness (QED) is 0.321. The predicted molar refractivity (Wildman–Crippen MR) is 157 cm³/mol. The summed E-state index contributed by atoms with van der Waals surface area (Å²) < 4.78 is 14.6. The van der Waals surface area contributed by atoms with Gasteiger partial charge in [-0.3, -0.25) is 0 Å². The molecular weight excluding hydrogens is 459 g/mol. The highest BCUT2D eigenvalue weighted by Gasteiger charge is 2.24. The number of aromatic nitrogens is 1. The number of rotatable bonds is 9. The predicted octanol–water partition coefficient (Wildman–Crippen LogP) is 8.39. The fraction of sp³-hybridized carbons (Fsp3) is 0.344. The first-order chi connectivity index (χ1) is 17.7. The number of allylic oxidation sites excluding steroid dienone is 1. The SMILES string of the molecule is C=C(CCCC)c1cccc(NC(=C)N2CCCN(C)c3ccc(-c4cccc(C(C)(C)F)c4)nc32)c1. The van der Waals surface area contributed by atoms with Crippen LogP contribution in [0.25, 0.3) is 16.8 Å². The van der Waals surface area contributed by atoms with Crippen molar-refractivity contribution in [1.82, 2.24) is 4.98 Å². The first-order valence-corrected chi connectivity index (χ1v) is 13.2. The van der Waals surface area contributed by atoms with Crippen molar-refractivity contribution in [2.75, 3.05) is 35.3 Å². The lowest BCUT2D eigenvalue weighted by Gasteiger charge is -2.28. The maximum atomic E-state index is 14.6. The van der Waals surface area contributed by atoms with Crippen LogP contribution in [-0.4, -0.2) is 25.1 Å². The maximum Gasteiger partial charge on any atom is 0.158 e. The van der Waals surface area contributed by atoms with E-state index in [1.54, 1.807) is 13.8 Å². The van der Waals surface area contributed by atoms with Gasteiger partial charge in [-0.15, -0.1) is 0 Å². The summed E-state index contributed by atoms with van der Waals surface area (Å²) in [5, 5.41) is 3.52. The van der Waals surface area contributed by atoms with Crippen LogP contribution in [0.4, 0.5) is 21.6 Å². The fourth-order valence-corrected chi connectivity index (χ4v) is 4.69. The standard InChI is InChI=1S/C32H39FN4/c1-7-8-12-23(2)25-13-10-16-28(22-25)34-24(3)37-20-11-19-36(6)30-18-17-29(35-31(30)37)26-14-9-15-27(21-26)32(4,5)33/h9-10,13-18,21-22,34H,2-3,7-8,11-12,19-20H2,1,4-6H3.